The summed E-state index contributed by atoms with van der Waals surface area (Å²) in [6.07, 6.45) is 3.30. The van der Waals surface area contributed by atoms with E-state index in [0.717, 1.165) is 19.1 Å². The van der Waals surface area contributed by atoms with E-state index in [9.17, 15) is 24.0 Å². The first-order chi connectivity index (χ1) is 18.6. The zero-order valence-corrected chi connectivity index (χ0v) is 23.7. The number of urea groups is 3. The Kier molecular flexibility index (Phi) is 12.7. The lowest BCUT2D eigenvalue weighted by Crippen LogP contribution is -2.52. The van der Waals surface area contributed by atoms with Crippen LogP contribution in [0.3, 0.4) is 0 Å². The van der Waals surface area contributed by atoms with E-state index in [2.05, 4.69) is 21.3 Å². The lowest BCUT2D eigenvalue weighted by Gasteiger charge is -2.30. The second kappa shape index (κ2) is 15.7. The van der Waals surface area contributed by atoms with Gasteiger partial charge in [-0.05, 0) is 78.3 Å². The number of hydrogen-bond acceptors (Lipinski definition) is 6. The first kappa shape index (κ1) is 31.5. The number of benzene rings is 1. The van der Waals surface area contributed by atoms with Crippen LogP contribution in [0, 0.1) is 0 Å². The summed E-state index contributed by atoms with van der Waals surface area (Å²) >= 11 is 0. The summed E-state index contributed by atoms with van der Waals surface area (Å²) in [6.45, 7) is 9.15. The number of anilines is 2. The Hall–Kier alpha value is -3.67. The molecule has 4 N–H and O–H groups in total. The molecule has 1 heterocycles. The van der Waals surface area contributed by atoms with Gasteiger partial charge in [-0.15, -0.1) is 0 Å². The largest absolute Gasteiger partial charge is 0.325 e. The molecule has 12 heteroatoms. The molecule has 216 valence electrons. The Bertz CT molecular complexity index is 987. The standard InChI is InChI=1S/C27H43N7O5/c1-6-32(16-8-18-35)25(37)29-21-10-12-22(13-11-21)30-26(38)33(7-2)17-15-23-14-9-19(3)34(23)27(39)31-24(36)20(4)28-5/h10-13,18-20,23,28H,6-9,14-17H2,1-5H3,(H,29,37)(H,30,38)(H,31,36,39). The molecule has 12 nitrogen and oxygen atoms in total. The van der Waals surface area contributed by atoms with E-state index in [4.69, 9.17) is 0 Å². The van der Waals surface area contributed by atoms with Crippen LogP contribution in [0.2, 0.25) is 0 Å². The maximum absolute atomic E-state index is 12.9. The number of carbonyl (C=O) groups excluding carboxylic acids is 5. The molecule has 0 aliphatic carbocycles. The van der Waals surface area contributed by atoms with Gasteiger partial charge in [0.1, 0.15) is 6.29 Å². The fourth-order valence-corrected chi connectivity index (χ4v) is 4.49. The average molecular weight is 546 g/mol. The maximum atomic E-state index is 12.9. The molecule has 1 aromatic carbocycles. The molecular weight excluding hydrogens is 502 g/mol. The van der Waals surface area contributed by atoms with Crippen molar-refractivity contribution in [3.63, 3.8) is 0 Å². The molecular formula is C27H43N7O5. The number of amides is 7. The molecule has 1 aliphatic rings. The zero-order valence-electron chi connectivity index (χ0n) is 23.7. The van der Waals surface area contributed by atoms with Gasteiger partial charge in [0.15, 0.2) is 0 Å². The van der Waals surface area contributed by atoms with Gasteiger partial charge in [0, 0.05) is 56.1 Å². The van der Waals surface area contributed by atoms with Crippen molar-refractivity contribution in [3.05, 3.63) is 24.3 Å². The van der Waals surface area contributed by atoms with Crippen molar-refractivity contribution < 1.29 is 24.0 Å². The van der Waals surface area contributed by atoms with Crippen LogP contribution in [0.4, 0.5) is 25.8 Å². The summed E-state index contributed by atoms with van der Waals surface area (Å²) in [7, 11) is 1.66. The number of hydrogen-bond donors (Lipinski definition) is 4. The number of nitrogens with zero attached hydrogens (tertiary/aromatic N) is 3. The van der Waals surface area contributed by atoms with E-state index in [1.54, 1.807) is 52.9 Å². The van der Waals surface area contributed by atoms with E-state index in [1.165, 1.54) is 0 Å². The Labute approximate surface area is 230 Å². The number of carbonyl (C=O) groups is 5. The topological polar surface area (TPSA) is 143 Å². The minimum atomic E-state index is -0.477. The van der Waals surface area contributed by atoms with Crippen LogP contribution >= 0.6 is 0 Å². The molecule has 0 aromatic heterocycles. The second-order valence-corrected chi connectivity index (χ2v) is 9.63. The van der Waals surface area contributed by atoms with Crippen molar-refractivity contribution in [1.29, 1.82) is 0 Å². The van der Waals surface area contributed by atoms with Gasteiger partial charge >= 0.3 is 18.1 Å². The number of rotatable bonds is 12. The molecule has 1 aliphatic heterocycles. The van der Waals surface area contributed by atoms with E-state index >= 15 is 0 Å². The van der Waals surface area contributed by atoms with E-state index in [0.29, 0.717) is 44.0 Å². The molecule has 1 fully saturated rings. The number of nitrogens with one attached hydrogen (secondary N) is 4. The summed E-state index contributed by atoms with van der Waals surface area (Å²) in [4.78, 5) is 65.8. The highest BCUT2D eigenvalue weighted by molar-refractivity contribution is 5.97. The molecule has 3 unspecified atom stereocenters. The summed E-state index contributed by atoms with van der Waals surface area (Å²) in [5.74, 6) is -0.374. The van der Waals surface area contributed by atoms with Gasteiger partial charge in [0.2, 0.25) is 5.91 Å². The zero-order chi connectivity index (χ0) is 28.9. The summed E-state index contributed by atoms with van der Waals surface area (Å²) in [5.41, 5.74) is 1.16. The highest BCUT2D eigenvalue weighted by Gasteiger charge is 2.35. The van der Waals surface area contributed by atoms with Gasteiger partial charge in [0.05, 0.1) is 6.04 Å². The fourth-order valence-electron chi connectivity index (χ4n) is 4.49. The minimum Gasteiger partial charge on any atom is -0.325 e. The molecule has 1 saturated heterocycles. The molecule has 0 saturated carbocycles. The van der Waals surface area contributed by atoms with Crippen LogP contribution < -0.4 is 21.3 Å². The van der Waals surface area contributed by atoms with E-state index in [1.807, 2.05) is 20.8 Å². The Morgan fingerprint density at radius 1 is 0.974 bits per heavy atom. The maximum Gasteiger partial charge on any atom is 0.324 e. The summed E-state index contributed by atoms with van der Waals surface area (Å²) in [6, 6.07) is 5.30. The first-order valence-corrected chi connectivity index (χ1v) is 13.6. The van der Waals surface area contributed by atoms with Gasteiger partial charge in [-0.3, -0.25) is 10.1 Å². The molecule has 0 radical (unpaired) electrons. The highest BCUT2D eigenvalue weighted by Crippen LogP contribution is 2.26. The molecule has 7 amide bonds. The third kappa shape index (κ3) is 9.24. The molecule has 2 rings (SSSR count). The van der Waals surface area contributed by atoms with Gasteiger partial charge in [-0.1, -0.05) is 0 Å². The SMILES string of the molecule is CCN(CCC=O)C(=O)Nc1ccc(NC(=O)N(CC)CCC2CCC(C)N2C(=O)NC(=O)C(C)NC)cc1. The van der Waals surface area contributed by atoms with Crippen molar-refractivity contribution in [2.75, 3.05) is 43.9 Å². The predicted octanol–water partition coefficient (Wildman–Crippen LogP) is 3.07. The van der Waals surface area contributed by atoms with Crippen LogP contribution in [0.5, 0.6) is 0 Å². The molecule has 0 bridgehead atoms. The Morgan fingerprint density at radius 3 is 2.00 bits per heavy atom. The average Bonchev–Trinajstić information content (AvgIpc) is 3.30. The number of imide groups is 1. The van der Waals surface area contributed by atoms with Gasteiger partial charge in [0.25, 0.3) is 0 Å². The number of likely N-dealkylation sites (tertiary alicyclic amines) is 1. The lowest BCUT2D eigenvalue weighted by atomic mass is 10.1. The Morgan fingerprint density at radius 2 is 1.51 bits per heavy atom. The van der Waals surface area contributed by atoms with Crippen LogP contribution in [0.25, 0.3) is 0 Å². The van der Waals surface area contributed by atoms with E-state index in [-0.39, 0.29) is 36.5 Å². The Balaban J connectivity index is 1.91. The number of likely N-dealkylation sites (N-methyl/N-ethyl adjacent to an activating group) is 1. The summed E-state index contributed by atoms with van der Waals surface area (Å²) in [5, 5.41) is 11.0. The van der Waals surface area contributed by atoms with Crippen molar-refractivity contribution >= 4 is 41.7 Å². The van der Waals surface area contributed by atoms with Crippen molar-refractivity contribution in [2.24, 2.45) is 0 Å². The van der Waals surface area contributed by atoms with Gasteiger partial charge in [-0.25, -0.2) is 14.4 Å². The highest BCUT2D eigenvalue weighted by atomic mass is 16.2. The van der Waals surface area contributed by atoms with Gasteiger partial charge in [-0.2, -0.15) is 0 Å². The van der Waals surface area contributed by atoms with Crippen molar-refractivity contribution in [3.8, 4) is 0 Å². The molecule has 0 spiro atoms. The third-order valence-electron chi connectivity index (χ3n) is 7.05. The monoisotopic (exact) mass is 545 g/mol. The third-order valence-corrected chi connectivity index (χ3v) is 7.05. The van der Waals surface area contributed by atoms with Crippen molar-refractivity contribution in [1.82, 2.24) is 25.3 Å². The van der Waals surface area contributed by atoms with Crippen LogP contribution in [0.15, 0.2) is 24.3 Å². The van der Waals surface area contributed by atoms with E-state index < -0.39 is 12.1 Å². The molecule has 39 heavy (non-hydrogen) atoms. The normalized spacial score (nSPS) is 17.2. The fraction of sp³-hybridized carbons (Fsp3) is 0.593. The van der Waals surface area contributed by atoms with Crippen LogP contribution in [-0.2, 0) is 9.59 Å². The first-order valence-electron chi connectivity index (χ1n) is 13.6. The van der Waals surface area contributed by atoms with Crippen LogP contribution in [-0.4, -0.2) is 96.3 Å². The number of aldehydes is 1. The lowest BCUT2D eigenvalue weighted by molar-refractivity contribution is -0.121. The van der Waals surface area contributed by atoms with Crippen LogP contribution in [0.1, 0.15) is 53.4 Å². The van der Waals surface area contributed by atoms with Crippen molar-refractivity contribution in [2.45, 2.75) is 71.5 Å². The molecule has 3 atom stereocenters. The predicted molar refractivity (Wildman–Crippen MR) is 151 cm³/mol. The van der Waals surface area contributed by atoms with Gasteiger partial charge < -0.3 is 35.4 Å². The quantitative estimate of drug-likeness (QED) is 0.297. The second-order valence-electron chi connectivity index (χ2n) is 9.63. The smallest absolute Gasteiger partial charge is 0.324 e. The summed E-state index contributed by atoms with van der Waals surface area (Å²) < 4.78 is 0. The molecule has 1 aromatic rings. The minimum absolute atomic E-state index is 0.00465.